The summed E-state index contributed by atoms with van der Waals surface area (Å²) in [6.07, 6.45) is 5.00. The van der Waals surface area contributed by atoms with E-state index in [-0.39, 0.29) is 11.5 Å². The minimum absolute atomic E-state index is 0.0202. The van der Waals surface area contributed by atoms with Crippen LogP contribution in [0.1, 0.15) is 32.0 Å². The maximum Gasteiger partial charge on any atom is 0.310 e. The van der Waals surface area contributed by atoms with Crippen molar-refractivity contribution in [2.24, 2.45) is 0 Å². The monoisotopic (exact) mass is 321 g/mol. The maximum absolute atomic E-state index is 12.2. The van der Waals surface area contributed by atoms with Crippen molar-refractivity contribution in [3.8, 4) is 0 Å². The van der Waals surface area contributed by atoms with Crippen LogP contribution in [0, 0.1) is 6.92 Å². The van der Waals surface area contributed by atoms with E-state index >= 15 is 0 Å². The van der Waals surface area contributed by atoms with Crippen LogP contribution >= 0.6 is 0 Å². The zero-order valence-electron chi connectivity index (χ0n) is 13.6. The van der Waals surface area contributed by atoms with Crippen LogP contribution in [0.5, 0.6) is 0 Å². The molecule has 0 aromatic carbocycles. The second kappa shape index (κ2) is 8.42. The SMILES string of the molecule is CCOCCCNC(=O)CCCn1nc(C)n2ccnc2c1=O. The van der Waals surface area contributed by atoms with Gasteiger partial charge >= 0.3 is 5.56 Å². The van der Waals surface area contributed by atoms with Gasteiger partial charge in [-0.05, 0) is 26.7 Å². The average molecular weight is 321 g/mol. The molecular weight excluding hydrogens is 298 g/mol. The average Bonchev–Trinajstić information content (AvgIpc) is 3.02. The van der Waals surface area contributed by atoms with Crippen LogP contribution in [0.3, 0.4) is 0 Å². The Morgan fingerprint density at radius 3 is 3.00 bits per heavy atom. The molecular formula is C15H23N5O3. The van der Waals surface area contributed by atoms with Crippen molar-refractivity contribution >= 4 is 11.6 Å². The Bertz CT molecular complexity index is 707. The zero-order chi connectivity index (χ0) is 16.7. The third kappa shape index (κ3) is 4.62. The predicted molar refractivity (Wildman–Crippen MR) is 85.3 cm³/mol. The summed E-state index contributed by atoms with van der Waals surface area (Å²) in [4.78, 5) is 28.0. The van der Waals surface area contributed by atoms with E-state index in [0.717, 1.165) is 6.42 Å². The fourth-order valence-corrected chi connectivity index (χ4v) is 2.28. The molecule has 1 amide bonds. The lowest BCUT2D eigenvalue weighted by atomic mass is 10.3. The Morgan fingerprint density at radius 2 is 2.22 bits per heavy atom. The van der Waals surface area contributed by atoms with Gasteiger partial charge in [0.25, 0.3) is 0 Å². The summed E-state index contributed by atoms with van der Waals surface area (Å²) < 4.78 is 8.23. The molecule has 0 aliphatic rings. The highest BCUT2D eigenvalue weighted by Gasteiger charge is 2.09. The first kappa shape index (κ1) is 17.1. The first-order valence-electron chi connectivity index (χ1n) is 7.88. The first-order chi connectivity index (χ1) is 11.1. The summed E-state index contributed by atoms with van der Waals surface area (Å²) >= 11 is 0. The van der Waals surface area contributed by atoms with Crippen molar-refractivity contribution in [1.29, 1.82) is 0 Å². The van der Waals surface area contributed by atoms with Gasteiger partial charge in [0, 0.05) is 45.1 Å². The van der Waals surface area contributed by atoms with Gasteiger partial charge < -0.3 is 10.1 Å². The van der Waals surface area contributed by atoms with E-state index in [9.17, 15) is 9.59 Å². The minimum atomic E-state index is -0.238. The van der Waals surface area contributed by atoms with E-state index < -0.39 is 0 Å². The summed E-state index contributed by atoms with van der Waals surface area (Å²) in [5.41, 5.74) is 0.121. The van der Waals surface area contributed by atoms with E-state index in [4.69, 9.17) is 4.74 Å². The van der Waals surface area contributed by atoms with Gasteiger partial charge in [-0.15, -0.1) is 0 Å². The van der Waals surface area contributed by atoms with Crippen LogP contribution in [-0.4, -0.2) is 44.8 Å². The molecule has 8 heteroatoms. The van der Waals surface area contributed by atoms with E-state index in [2.05, 4.69) is 15.4 Å². The molecule has 2 heterocycles. The molecule has 0 unspecified atom stereocenters. The van der Waals surface area contributed by atoms with Crippen molar-refractivity contribution in [3.05, 3.63) is 28.6 Å². The lowest BCUT2D eigenvalue weighted by Gasteiger charge is -2.08. The van der Waals surface area contributed by atoms with Crippen molar-refractivity contribution in [2.45, 2.75) is 39.7 Å². The molecule has 0 spiro atoms. The molecule has 0 atom stereocenters. The largest absolute Gasteiger partial charge is 0.382 e. The molecule has 1 N–H and O–H groups in total. The summed E-state index contributed by atoms with van der Waals surface area (Å²) in [5, 5.41) is 7.08. The van der Waals surface area contributed by atoms with E-state index in [1.54, 1.807) is 16.8 Å². The molecule has 126 valence electrons. The molecule has 23 heavy (non-hydrogen) atoms. The lowest BCUT2D eigenvalue weighted by molar-refractivity contribution is -0.121. The fourth-order valence-electron chi connectivity index (χ4n) is 2.28. The lowest BCUT2D eigenvalue weighted by Crippen LogP contribution is -2.28. The highest BCUT2D eigenvalue weighted by atomic mass is 16.5. The number of hydrogen-bond donors (Lipinski definition) is 1. The van der Waals surface area contributed by atoms with Gasteiger partial charge in [0.05, 0.1) is 0 Å². The molecule has 0 fully saturated rings. The Balaban J connectivity index is 1.79. The van der Waals surface area contributed by atoms with Crippen molar-refractivity contribution in [3.63, 3.8) is 0 Å². The first-order valence-corrected chi connectivity index (χ1v) is 7.88. The normalized spacial score (nSPS) is 11.0. The number of ether oxygens (including phenoxy) is 1. The van der Waals surface area contributed by atoms with Crippen molar-refractivity contribution < 1.29 is 9.53 Å². The van der Waals surface area contributed by atoms with Gasteiger partial charge in [0.15, 0.2) is 0 Å². The summed E-state index contributed by atoms with van der Waals surface area (Å²) in [7, 11) is 0. The number of imidazole rings is 1. The number of aryl methyl sites for hydroxylation is 2. The van der Waals surface area contributed by atoms with E-state index in [1.165, 1.54) is 4.68 Å². The molecule has 0 radical (unpaired) electrons. The van der Waals surface area contributed by atoms with Gasteiger partial charge in [-0.1, -0.05) is 0 Å². The number of nitrogens with zero attached hydrogens (tertiary/aromatic N) is 4. The quantitative estimate of drug-likeness (QED) is 0.680. The smallest absolute Gasteiger partial charge is 0.310 e. The van der Waals surface area contributed by atoms with Gasteiger partial charge in [-0.3, -0.25) is 14.0 Å². The summed E-state index contributed by atoms with van der Waals surface area (Å²) in [6, 6.07) is 0. The van der Waals surface area contributed by atoms with Gasteiger partial charge in [-0.2, -0.15) is 5.10 Å². The number of hydrogen-bond acceptors (Lipinski definition) is 5. The van der Waals surface area contributed by atoms with Gasteiger partial charge in [0.1, 0.15) is 5.82 Å². The van der Waals surface area contributed by atoms with E-state index in [1.807, 2.05) is 13.8 Å². The second-order valence-electron chi connectivity index (χ2n) is 5.20. The number of aromatic nitrogens is 4. The second-order valence-corrected chi connectivity index (χ2v) is 5.20. The number of carbonyl (C=O) groups excluding carboxylic acids is 1. The highest BCUT2D eigenvalue weighted by molar-refractivity contribution is 5.75. The minimum Gasteiger partial charge on any atom is -0.382 e. The molecule has 2 aromatic rings. The van der Waals surface area contributed by atoms with Crippen molar-refractivity contribution in [1.82, 2.24) is 24.5 Å². The molecule has 0 saturated carbocycles. The Morgan fingerprint density at radius 1 is 1.39 bits per heavy atom. The van der Waals surface area contributed by atoms with Crippen LogP contribution in [0.2, 0.25) is 0 Å². The highest BCUT2D eigenvalue weighted by Crippen LogP contribution is 1.99. The molecule has 0 aliphatic heterocycles. The standard InChI is InChI=1S/C15H23N5O3/c1-3-23-11-5-7-16-13(21)6-4-9-20-15(22)14-17-8-10-19(14)12(2)18-20/h8,10H,3-7,9,11H2,1-2H3,(H,16,21). The zero-order valence-corrected chi connectivity index (χ0v) is 13.6. The number of amides is 1. The Labute approximate surface area is 134 Å². The van der Waals surface area contributed by atoms with Crippen molar-refractivity contribution in [2.75, 3.05) is 19.8 Å². The van der Waals surface area contributed by atoms with E-state index in [0.29, 0.717) is 50.6 Å². The predicted octanol–water partition coefficient (Wildman–Crippen LogP) is 0.522. The Kier molecular flexibility index (Phi) is 6.28. The topological polar surface area (TPSA) is 90.5 Å². The fraction of sp³-hybridized carbons (Fsp3) is 0.600. The number of carbonyl (C=O) groups is 1. The van der Waals surface area contributed by atoms with Gasteiger partial charge in [-0.25, -0.2) is 9.67 Å². The number of rotatable bonds is 9. The van der Waals surface area contributed by atoms with Gasteiger partial charge in [0.2, 0.25) is 11.6 Å². The molecule has 2 aromatic heterocycles. The third-order valence-electron chi connectivity index (χ3n) is 3.45. The molecule has 8 nitrogen and oxygen atoms in total. The van der Waals surface area contributed by atoms with Crippen LogP contribution in [-0.2, 0) is 16.1 Å². The van der Waals surface area contributed by atoms with Crippen LogP contribution in [0.15, 0.2) is 17.2 Å². The molecule has 0 aliphatic carbocycles. The molecule has 0 saturated heterocycles. The van der Waals surface area contributed by atoms with Crippen LogP contribution < -0.4 is 10.9 Å². The Hall–Kier alpha value is -2.22. The van der Waals surface area contributed by atoms with Crippen LogP contribution in [0.25, 0.3) is 5.65 Å². The molecule has 0 bridgehead atoms. The summed E-state index contributed by atoms with van der Waals surface area (Å²) in [5.74, 6) is 0.672. The third-order valence-corrected chi connectivity index (χ3v) is 3.45. The number of fused-ring (bicyclic) bond motifs is 1. The molecule has 2 rings (SSSR count). The maximum atomic E-state index is 12.2. The summed E-state index contributed by atoms with van der Waals surface area (Å²) in [6.45, 7) is 6.11. The van der Waals surface area contributed by atoms with Crippen LogP contribution in [0.4, 0.5) is 0 Å². The number of nitrogens with one attached hydrogen (secondary N) is 1.